The van der Waals surface area contributed by atoms with Crippen LogP contribution in [0.15, 0.2) is 59.5 Å². The molecule has 1 unspecified atom stereocenters. The van der Waals surface area contributed by atoms with Crippen molar-refractivity contribution in [2.45, 2.75) is 56.8 Å². The molecule has 0 saturated heterocycles. The van der Waals surface area contributed by atoms with Crippen molar-refractivity contribution < 1.29 is 8.63 Å². The molecule has 0 spiro atoms. The highest BCUT2D eigenvalue weighted by Crippen LogP contribution is 2.29. The van der Waals surface area contributed by atoms with Crippen LogP contribution in [0.5, 0.6) is 0 Å². The smallest absolute Gasteiger partial charge is 0.194 e. The summed E-state index contributed by atoms with van der Waals surface area (Å²) >= 11 is 0. The van der Waals surface area contributed by atoms with Crippen LogP contribution in [0.3, 0.4) is 0 Å². The van der Waals surface area contributed by atoms with Gasteiger partial charge in [-0.15, -0.1) is 0 Å². The van der Waals surface area contributed by atoms with Crippen LogP contribution in [-0.2, 0) is 15.2 Å². The van der Waals surface area contributed by atoms with Gasteiger partial charge in [-0.05, 0) is 42.8 Å². The fraction of sp³-hybridized carbons (Fsp3) is 0.364. The fourth-order valence-corrected chi connectivity index (χ4v) is 6.30. The van der Waals surface area contributed by atoms with Crippen LogP contribution in [0.2, 0.25) is 18.1 Å². The molecule has 2 aromatic carbocycles. The van der Waals surface area contributed by atoms with Gasteiger partial charge in [-0.1, -0.05) is 74.7 Å². The first-order valence-corrected chi connectivity index (χ1v) is 12.9. The zero-order valence-electron chi connectivity index (χ0n) is 16.1. The number of hydrogen-bond acceptors (Lipinski definition) is 2. The van der Waals surface area contributed by atoms with Crippen LogP contribution in [0.4, 0.5) is 0 Å². The lowest BCUT2D eigenvalue weighted by molar-refractivity contribution is 0.247. The molecule has 0 aromatic heterocycles. The fourth-order valence-electron chi connectivity index (χ4n) is 2.89. The number of rotatable bonds is 7. The Morgan fingerprint density at radius 1 is 0.962 bits per heavy atom. The van der Waals surface area contributed by atoms with Crippen LogP contribution in [0, 0.1) is 18.1 Å². The first kappa shape index (κ1) is 20.6. The van der Waals surface area contributed by atoms with Crippen molar-refractivity contribution in [1.29, 1.82) is 0 Å². The van der Waals surface area contributed by atoms with Gasteiger partial charge in [-0.2, -0.15) is 0 Å². The predicted molar refractivity (Wildman–Crippen MR) is 113 cm³/mol. The topological polar surface area (TPSA) is 26.3 Å². The van der Waals surface area contributed by atoms with E-state index >= 15 is 0 Å². The van der Waals surface area contributed by atoms with Crippen LogP contribution >= 0.6 is 0 Å². The average Bonchev–Trinajstić information content (AvgIpc) is 2.70. The van der Waals surface area contributed by atoms with Gasteiger partial charge in [0.15, 0.2) is 8.32 Å². The lowest BCUT2D eigenvalue weighted by Crippen LogP contribution is -2.37. The Bertz CT molecular complexity index is 763. The van der Waals surface area contributed by atoms with Gasteiger partial charge in [0.2, 0.25) is 0 Å². The molecule has 0 amide bonds. The molecule has 0 heterocycles. The predicted octanol–water partition coefficient (Wildman–Crippen LogP) is 5.83. The minimum absolute atomic E-state index is 0.322. The third-order valence-corrected chi connectivity index (χ3v) is 10.5. The summed E-state index contributed by atoms with van der Waals surface area (Å²) in [6.45, 7) is 8.64. The van der Waals surface area contributed by atoms with E-state index in [1.165, 1.54) is 0 Å². The molecule has 0 saturated carbocycles. The molecule has 0 aliphatic rings. The molecule has 0 aliphatic heterocycles. The van der Waals surface area contributed by atoms with Gasteiger partial charge in [0, 0.05) is 5.25 Å². The summed E-state index contributed by atoms with van der Waals surface area (Å²) in [5.74, 6) is 3.17. The monoisotopic (exact) mass is 384 g/mol. The second-order valence-corrected chi connectivity index (χ2v) is 12.4. The van der Waals surface area contributed by atoms with Gasteiger partial charge in [-0.25, -0.2) is 4.21 Å². The standard InChI is InChI=1S/C22H28O2SSi/c1-5-26(6-2,7-3)24-22(20-11-9-8-10-12-20)17-18-25(23)21-15-13-19(4)14-16-21/h8-16,22H,5-7H2,1-4H3/t22?,25-/m1/s1. The highest BCUT2D eigenvalue weighted by molar-refractivity contribution is 7.89. The van der Waals surface area contributed by atoms with E-state index in [0.29, 0.717) is 0 Å². The molecule has 2 rings (SSSR count). The van der Waals surface area contributed by atoms with Crippen LogP contribution in [0.1, 0.15) is 38.0 Å². The summed E-state index contributed by atoms with van der Waals surface area (Å²) in [4.78, 5) is 0.736. The minimum atomic E-state index is -1.82. The van der Waals surface area contributed by atoms with E-state index in [0.717, 1.165) is 34.2 Å². The number of benzene rings is 2. The average molecular weight is 385 g/mol. The van der Waals surface area contributed by atoms with Gasteiger partial charge in [0.1, 0.15) is 16.9 Å². The van der Waals surface area contributed by atoms with Crippen molar-refractivity contribution in [2.75, 3.05) is 0 Å². The molecule has 4 heteroatoms. The maximum Gasteiger partial charge on any atom is 0.194 e. The maximum absolute atomic E-state index is 12.6. The highest BCUT2D eigenvalue weighted by Gasteiger charge is 2.32. The normalized spacial score (nSPS) is 13.5. The second kappa shape index (κ2) is 9.87. The zero-order valence-corrected chi connectivity index (χ0v) is 17.9. The molecule has 2 atom stereocenters. The van der Waals surface area contributed by atoms with Crippen molar-refractivity contribution in [3.8, 4) is 11.2 Å². The van der Waals surface area contributed by atoms with Crippen molar-refractivity contribution in [3.63, 3.8) is 0 Å². The minimum Gasteiger partial charge on any atom is -0.399 e. The SMILES string of the molecule is CC[Si](CC)(CC)OC(C#C[S@@](=O)c1ccc(C)cc1)c1ccccc1. The Morgan fingerprint density at radius 2 is 1.54 bits per heavy atom. The summed E-state index contributed by atoms with van der Waals surface area (Å²) < 4.78 is 19.2. The van der Waals surface area contributed by atoms with Gasteiger partial charge < -0.3 is 4.43 Å². The summed E-state index contributed by atoms with van der Waals surface area (Å²) in [5, 5.41) is 2.93. The number of hydrogen-bond donors (Lipinski definition) is 0. The largest absolute Gasteiger partial charge is 0.399 e. The molecule has 26 heavy (non-hydrogen) atoms. The van der Waals surface area contributed by atoms with Crippen molar-refractivity contribution in [1.82, 2.24) is 0 Å². The Balaban J connectivity index is 2.31. The third kappa shape index (κ3) is 5.41. The molecular formula is C22H28O2SSi. The van der Waals surface area contributed by atoms with Gasteiger partial charge >= 0.3 is 0 Å². The third-order valence-electron chi connectivity index (χ3n) is 4.92. The van der Waals surface area contributed by atoms with Crippen molar-refractivity contribution in [3.05, 3.63) is 65.7 Å². The Labute approximate surface area is 161 Å². The van der Waals surface area contributed by atoms with E-state index in [1.54, 1.807) is 0 Å². The van der Waals surface area contributed by atoms with Gasteiger partial charge in [0.05, 0.1) is 4.90 Å². The van der Waals surface area contributed by atoms with Gasteiger partial charge in [-0.3, -0.25) is 0 Å². The Morgan fingerprint density at radius 3 is 2.08 bits per heavy atom. The molecular weight excluding hydrogens is 356 g/mol. The Hall–Kier alpha value is -1.67. The van der Waals surface area contributed by atoms with Crippen LogP contribution in [-0.4, -0.2) is 12.5 Å². The quantitative estimate of drug-likeness (QED) is 0.444. The zero-order chi connectivity index (χ0) is 19.0. The van der Waals surface area contributed by atoms with E-state index in [4.69, 9.17) is 4.43 Å². The summed E-state index contributed by atoms with van der Waals surface area (Å²) in [6, 6.07) is 20.9. The van der Waals surface area contributed by atoms with Crippen molar-refractivity contribution >= 4 is 19.1 Å². The molecule has 2 aromatic rings. The summed E-state index contributed by atoms with van der Waals surface area (Å²) in [7, 11) is -3.17. The highest BCUT2D eigenvalue weighted by atomic mass is 32.2. The van der Waals surface area contributed by atoms with E-state index in [-0.39, 0.29) is 6.10 Å². The molecule has 0 aliphatic carbocycles. The first-order chi connectivity index (χ1) is 12.5. The summed E-state index contributed by atoms with van der Waals surface area (Å²) in [5.41, 5.74) is 2.18. The van der Waals surface area contributed by atoms with Crippen molar-refractivity contribution in [2.24, 2.45) is 0 Å². The molecule has 0 N–H and O–H groups in total. The Kier molecular flexibility index (Phi) is 7.83. The molecule has 0 fully saturated rings. The lowest BCUT2D eigenvalue weighted by Gasteiger charge is -2.31. The van der Waals surface area contributed by atoms with Gasteiger partial charge in [0.25, 0.3) is 0 Å². The maximum atomic E-state index is 12.6. The lowest BCUT2D eigenvalue weighted by atomic mass is 10.1. The second-order valence-electron chi connectivity index (χ2n) is 6.48. The molecule has 0 bridgehead atoms. The molecule has 0 radical (unpaired) electrons. The first-order valence-electron chi connectivity index (χ1n) is 9.26. The van der Waals surface area contributed by atoms with E-state index in [1.807, 2.05) is 61.5 Å². The number of aryl methyl sites for hydroxylation is 1. The van der Waals surface area contributed by atoms with Crippen LogP contribution in [0.25, 0.3) is 0 Å². The van der Waals surface area contributed by atoms with Crippen LogP contribution < -0.4 is 0 Å². The summed E-state index contributed by atoms with van der Waals surface area (Å²) in [6.07, 6.45) is -0.322. The molecule has 138 valence electrons. The molecule has 2 nitrogen and oxygen atoms in total. The van der Waals surface area contributed by atoms with E-state index in [2.05, 4.69) is 31.9 Å². The van der Waals surface area contributed by atoms with E-state index < -0.39 is 19.1 Å². The van der Waals surface area contributed by atoms with E-state index in [9.17, 15) is 4.21 Å².